The number of β-amino-alcohol motifs (C(OH)–C–C–N with tert-alkyl or cyclic N) is 1. The molecule has 1 aliphatic rings. The van der Waals surface area contributed by atoms with Gasteiger partial charge in [-0.05, 0) is 51.5 Å². The third-order valence-electron chi connectivity index (χ3n) is 4.96. The number of rotatable bonds is 4. The summed E-state index contributed by atoms with van der Waals surface area (Å²) in [5, 5.41) is 22.6. The second kappa shape index (κ2) is 8.89. The third kappa shape index (κ3) is 5.29. The molecule has 2 atom stereocenters. The molecule has 1 N–H and O–H groups in total. The molecule has 3 rings (SSSR count). The molecule has 31 heavy (non-hydrogen) atoms. The SMILES string of the molecule is CC(C)(C)OC(=O)N1CC[C@@H](N(c2ccccc2)c2ccc(F)cc2[N+](=O)[O-])[C@H](O)C1. The zero-order valence-electron chi connectivity index (χ0n) is 17.7. The number of benzene rings is 2. The molecular weight excluding hydrogens is 405 g/mol. The Hall–Kier alpha value is -3.20. The molecule has 1 saturated heterocycles. The Morgan fingerprint density at radius 3 is 2.52 bits per heavy atom. The number of ether oxygens (including phenoxy) is 1. The van der Waals surface area contributed by atoms with E-state index in [9.17, 15) is 24.4 Å². The van der Waals surface area contributed by atoms with E-state index in [1.165, 1.54) is 11.0 Å². The lowest BCUT2D eigenvalue weighted by molar-refractivity contribution is -0.384. The number of amides is 1. The molecular formula is C22H26FN3O5. The number of halogens is 1. The quantitative estimate of drug-likeness (QED) is 0.575. The van der Waals surface area contributed by atoms with Crippen LogP contribution in [0.3, 0.4) is 0 Å². The summed E-state index contributed by atoms with van der Waals surface area (Å²) in [6, 6.07) is 11.7. The zero-order chi connectivity index (χ0) is 22.8. The number of nitro groups is 1. The van der Waals surface area contributed by atoms with Crippen LogP contribution < -0.4 is 4.90 Å². The number of likely N-dealkylation sites (tertiary alicyclic amines) is 1. The fourth-order valence-corrected chi connectivity index (χ4v) is 3.66. The number of carbonyl (C=O) groups is 1. The van der Waals surface area contributed by atoms with Crippen molar-refractivity contribution in [3.63, 3.8) is 0 Å². The fourth-order valence-electron chi connectivity index (χ4n) is 3.66. The van der Waals surface area contributed by atoms with Crippen LogP contribution in [0.25, 0.3) is 0 Å². The molecule has 0 bridgehead atoms. The summed E-state index contributed by atoms with van der Waals surface area (Å²) in [5.41, 5.74) is -0.270. The first-order valence-corrected chi connectivity index (χ1v) is 10.0. The predicted octanol–water partition coefficient (Wildman–Crippen LogP) is 4.24. The monoisotopic (exact) mass is 431 g/mol. The molecule has 0 unspecified atom stereocenters. The minimum absolute atomic E-state index is 0.0118. The standard InChI is InChI=1S/C22H26FN3O5/c1-22(2,3)31-21(28)24-12-11-18(20(27)14-24)25(16-7-5-4-6-8-16)17-10-9-15(23)13-19(17)26(29)30/h4-10,13,18,20,27H,11-12,14H2,1-3H3/t18-,20-/m1/s1. The summed E-state index contributed by atoms with van der Waals surface area (Å²) in [6.45, 7) is 5.60. The topological polar surface area (TPSA) is 96.2 Å². The number of aliphatic hydroxyl groups is 1. The molecule has 0 aliphatic carbocycles. The number of nitro benzene ring substituents is 1. The highest BCUT2D eigenvalue weighted by Gasteiger charge is 2.38. The minimum Gasteiger partial charge on any atom is -0.444 e. The van der Waals surface area contributed by atoms with Gasteiger partial charge in [-0.3, -0.25) is 10.1 Å². The molecule has 1 aliphatic heterocycles. The van der Waals surface area contributed by atoms with Crippen molar-refractivity contribution in [1.29, 1.82) is 0 Å². The maximum absolute atomic E-state index is 13.7. The van der Waals surface area contributed by atoms with Crippen LogP contribution in [-0.4, -0.2) is 51.9 Å². The lowest BCUT2D eigenvalue weighted by atomic mass is 9.98. The molecule has 1 amide bonds. The van der Waals surface area contributed by atoms with E-state index in [-0.39, 0.29) is 12.2 Å². The molecule has 0 radical (unpaired) electrons. The molecule has 0 aromatic heterocycles. The maximum Gasteiger partial charge on any atom is 0.410 e. The zero-order valence-corrected chi connectivity index (χ0v) is 17.7. The molecule has 8 nitrogen and oxygen atoms in total. The maximum atomic E-state index is 13.7. The van der Waals surface area contributed by atoms with E-state index in [1.54, 1.807) is 49.9 Å². The largest absolute Gasteiger partial charge is 0.444 e. The van der Waals surface area contributed by atoms with Crippen LogP contribution in [0.2, 0.25) is 0 Å². The van der Waals surface area contributed by atoms with E-state index < -0.39 is 40.3 Å². The van der Waals surface area contributed by atoms with Gasteiger partial charge in [0, 0.05) is 12.2 Å². The van der Waals surface area contributed by atoms with Crippen molar-refractivity contribution in [3.05, 3.63) is 64.5 Å². The highest BCUT2D eigenvalue weighted by atomic mass is 19.1. The number of carbonyl (C=O) groups excluding carboxylic acids is 1. The smallest absolute Gasteiger partial charge is 0.410 e. The van der Waals surface area contributed by atoms with Gasteiger partial charge in [-0.15, -0.1) is 0 Å². The number of para-hydroxylation sites is 1. The number of hydrogen-bond donors (Lipinski definition) is 1. The van der Waals surface area contributed by atoms with Gasteiger partial charge in [-0.25, -0.2) is 9.18 Å². The second-order valence-electron chi connectivity index (χ2n) is 8.45. The fraction of sp³-hybridized carbons (Fsp3) is 0.409. The Kier molecular flexibility index (Phi) is 6.45. The van der Waals surface area contributed by atoms with Crippen LogP contribution in [-0.2, 0) is 4.74 Å². The molecule has 1 fully saturated rings. The number of nitrogens with zero attached hydrogens (tertiary/aromatic N) is 3. The van der Waals surface area contributed by atoms with Crippen LogP contribution in [0.1, 0.15) is 27.2 Å². The Morgan fingerprint density at radius 2 is 1.94 bits per heavy atom. The summed E-state index contributed by atoms with van der Waals surface area (Å²) in [5.74, 6) is -0.719. The number of hydrogen-bond acceptors (Lipinski definition) is 6. The highest BCUT2D eigenvalue weighted by molar-refractivity contribution is 5.73. The van der Waals surface area contributed by atoms with Gasteiger partial charge in [0.05, 0.1) is 29.7 Å². The van der Waals surface area contributed by atoms with Gasteiger partial charge in [-0.2, -0.15) is 0 Å². The number of piperidine rings is 1. The average Bonchev–Trinajstić information content (AvgIpc) is 2.69. The first-order chi connectivity index (χ1) is 14.6. The Labute approximate surface area is 180 Å². The molecule has 2 aromatic rings. The summed E-state index contributed by atoms with van der Waals surface area (Å²) < 4.78 is 19.1. The summed E-state index contributed by atoms with van der Waals surface area (Å²) in [6.07, 6.45) is -1.20. The summed E-state index contributed by atoms with van der Waals surface area (Å²) in [4.78, 5) is 26.5. The van der Waals surface area contributed by atoms with Crippen molar-refractivity contribution in [3.8, 4) is 0 Å². The van der Waals surface area contributed by atoms with Crippen LogP contribution >= 0.6 is 0 Å². The van der Waals surface area contributed by atoms with Crippen molar-refractivity contribution < 1.29 is 24.0 Å². The molecule has 9 heteroatoms. The first kappa shape index (κ1) is 22.5. The molecule has 0 spiro atoms. The Bertz CT molecular complexity index is 948. The highest BCUT2D eigenvalue weighted by Crippen LogP contribution is 2.38. The summed E-state index contributed by atoms with van der Waals surface area (Å²) in [7, 11) is 0. The van der Waals surface area contributed by atoms with E-state index in [0.29, 0.717) is 18.7 Å². The van der Waals surface area contributed by atoms with Crippen LogP contribution in [0.5, 0.6) is 0 Å². The first-order valence-electron chi connectivity index (χ1n) is 10.0. The molecule has 1 heterocycles. The summed E-state index contributed by atoms with van der Waals surface area (Å²) >= 11 is 0. The normalized spacial score (nSPS) is 19.1. The van der Waals surface area contributed by atoms with Crippen LogP contribution in [0.15, 0.2) is 48.5 Å². The van der Waals surface area contributed by atoms with E-state index in [0.717, 1.165) is 12.1 Å². The van der Waals surface area contributed by atoms with Crippen LogP contribution in [0, 0.1) is 15.9 Å². The van der Waals surface area contributed by atoms with E-state index in [4.69, 9.17) is 4.74 Å². The van der Waals surface area contributed by atoms with Crippen molar-refractivity contribution in [2.24, 2.45) is 0 Å². The lowest BCUT2D eigenvalue weighted by Gasteiger charge is -2.42. The minimum atomic E-state index is -1.01. The van der Waals surface area contributed by atoms with Gasteiger partial charge in [0.25, 0.3) is 5.69 Å². The number of anilines is 2. The van der Waals surface area contributed by atoms with Crippen molar-refractivity contribution >= 4 is 23.2 Å². The van der Waals surface area contributed by atoms with Crippen molar-refractivity contribution in [2.45, 2.75) is 44.9 Å². The van der Waals surface area contributed by atoms with Crippen LogP contribution in [0.4, 0.5) is 26.2 Å². The van der Waals surface area contributed by atoms with E-state index in [2.05, 4.69) is 0 Å². The van der Waals surface area contributed by atoms with E-state index >= 15 is 0 Å². The van der Waals surface area contributed by atoms with Gasteiger partial charge >= 0.3 is 6.09 Å². The molecule has 166 valence electrons. The van der Waals surface area contributed by atoms with Crippen molar-refractivity contribution in [2.75, 3.05) is 18.0 Å². The van der Waals surface area contributed by atoms with Gasteiger partial charge in [-0.1, -0.05) is 18.2 Å². The molecule has 2 aromatic carbocycles. The molecule has 0 saturated carbocycles. The predicted molar refractivity (Wildman–Crippen MR) is 114 cm³/mol. The third-order valence-corrected chi connectivity index (χ3v) is 4.96. The van der Waals surface area contributed by atoms with Gasteiger partial charge in [0.15, 0.2) is 0 Å². The second-order valence-corrected chi connectivity index (χ2v) is 8.45. The Morgan fingerprint density at radius 1 is 1.26 bits per heavy atom. The average molecular weight is 431 g/mol. The van der Waals surface area contributed by atoms with Gasteiger partial charge in [0.1, 0.15) is 17.1 Å². The lowest BCUT2D eigenvalue weighted by Crippen LogP contribution is -2.55. The van der Waals surface area contributed by atoms with Crippen molar-refractivity contribution in [1.82, 2.24) is 4.90 Å². The number of aliphatic hydroxyl groups excluding tert-OH is 1. The van der Waals surface area contributed by atoms with Gasteiger partial charge in [0.2, 0.25) is 0 Å². The Balaban J connectivity index is 1.94. The van der Waals surface area contributed by atoms with E-state index in [1.807, 2.05) is 6.07 Å². The van der Waals surface area contributed by atoms with Gasteiger partial charge < -0.3 is 19.6 Å².